The third-order valence-electron chi connectivity index (χ3n) is 6.44. The predicted octanol–water partition coefficient (Wildman–Crippen LogP) is 2.32. The number of nitrogens with one attached hydrogen (secondary N) is 1. The van der Waals surface area contributed by atoms with E-state index in [0.717, 1.165) is 19.3 Å². The van der Waals surface area contributed by atoms with Crippen LogP contribution < -0.4 is 5.32 Å². The standard InChI is InChI=1S/C21H26ClN3O3/c1-13(26)23-10-19-16-9-15(18-3-2-4-20(27)25(18)19)11-24(12-16)21(28)14-5-7-17(22)8-6-14/h5-8,15-16,18-19H,2-4,9-12H2,1H3,(H,23,26)/t15-,16+,18+,19+/m1/s1. The Hall–Kier alpha value is -2.08. The molecule has 28 heavy (non-hydrogen) atoms. The molecule has 0 aromatic heterocycles. The number of carbonyl (C=O) groups is 3. The summed E-state index contributed by atoms with van der Waals surface area (Å²) in [6.07, 6.45) is 3.46. The number of rotatable bonds is 3. The van der Waals surface area contributed by atoms with Crippen molar-refractivity contribution in [3.05, 3.63) is 34.9 Å². The first-order valence-corrected chi connectivity index (χ1v) is 10.4. The summed E-state index contributed by atoms with van der Waals surface area (Å²) in [5, 5.41) is 3.51. The first kappa shape index (κ1) is 19.2. The third kappa shape index (κ3) is 3.62. The molecule has 3 amide bonds. The summed E-state index contributed by atoms with van der Waals surface area (Å²) >= 11 is 5.95. The Morgan fingerprint density at radius 1 is 1.18 bits per heavy atom. The van der Waals surface area contributed by atoms with E-state index >= 15 is 0 Å². The number of hydrogen-bond donors (Lipinski definition) is 1. The zero-order valence-corrected chi connectivity index (χ0v) is 16.8. The van der Waals surface area contributed by atoms with E-state index < -0.39 is 0 Å². The second kappa shape index (κ2) is 7.74. The van der Waals surface area contributed by atoms with Gasteiger partial charge in [0.2, 0.25) is 11.8 Å². The van der Waals surface area contributed by atoms with Gasteiger partial charge in [0.05, 0.1) is 6.04 Å². The van der Waals surface area contributed by atoms with Gasteiger partial charge in [0.1, 0.15) is 0 Å². The molecule has 0 radical (unpaired) electrons. The van der Waals surface area contributed by atoms with Crippen LogP contribution in [0.15, 0.2) is 24.3 Å². The van der Waals surface area contributed by atoms with Crippen molar-refractivity contribution < 1.29 is 14.4 Å². The first-order chi connectivity index (χ1) is 13.4. The maximum absolute atomic E-state index is 13.1. The van der Waals surface area contributed by atoms with Crippen LogP contribution in [0.5, 0.6) is 0 Å². The largest absolute Gasteiger partial charge is 0.354 e. The van der Waals surface area contributed by atoms with Crippen LogP contribution in [0.3, 0.4) is 0 Å². The molecule has 4 rings (SSSR count). The van der Waals surface area contributed by atoms with Crippen LogP contribution in [0, 0.1) is 11.8 Å². The predicted molar refractivity (Wildman–Crippen MR) is 106 cm³/mol. The lowest BCUT2D eigenvalue weighted by Gasteiger charge is -2.56. The van der Waals surface area contributed by atoms with E-state index in [1.807, 2.05) is 9.80 Å². The number of amides is 3. The molecule has 3 aliphatic heterocycles. The van der Waals surface area contributed by atoms with Gasteiger partial charge in [0.25, 0.3) is 5.91 Å². The molecular formula is C21H26ClN3O3. The Morgan fingerprint density at radius 2 is 1.89 bits per heavy atom. The zero-order valence-electron chi connectivity index (χ0n) is 16.1. The zero-order chi connectivity index (χ0) is 19.8. The highest BCUT2D eigenvalue weighted by molar-refractivity contribution is 6.30. The molecule has 0 saturated carbocycles. The molecule has 1 N–H and O–H groups in total. The van der Waals surface area contributed by atoms with Crippen LogP contribution in [-0.4, -0.2) is 59.2 Å². The highest BCUT2D eigenvalue weighted by Crippen LogP contribution is 2.41. The van der Waals surface area contributed by atoms with Crippen molar-refractivity contribution in [1.29, 1.82) is 0 Å². The number of nitrogens with zero attached hydrogens (tertiary/aromatic N) is 2. The van der Waals surface area contributed by atoms with Crippen molar-refractivity contribution in [3.63, 3.8) is 0 Å². The molecule has 0 spiro atoms. The molecule has 3 saturated heterocycles. The maximum Gasteiger partial charge on any atom is 0.253 e. The van der Waals surface area contributed by atoms with Gasteiger partial charge >= 0.3 is 0 Å². The molecule has 3 fully saturated rings. The van der Waals surface area contributed by atoms with E-state index in [1.165, 1.54) is 6.92 Å². The number of benzene rings is 1. The minimum Gasteiger partial charge on any atom is -0.354 e. The quantitative estimate of drug-likeness (QED) is 0.842. The minimum absolute atomic E-state index is 0.0141. The third-order valence-corrected chi connectivity index (χ3v) is 6.69. The van der Waals surface area contributed by atoms with Crippen LogP contribution in [0.4, 0.5) is 0 Å². The molecule has 0 unspecified atom stereocenters. The highest BCUT2D eigenvalue weighted by Gasteiger charge is 2.50. The maximum atomic E-state index is 13.1. The van der Waals surface area contributed by atoms with Gasteiger partial charge in [-0.2, -0.15) is 0 Å². The Bertz CT molecular complexity index is 782. The molecule has 7 heteroatoms. The Balaban J connectivity index is 1.58. The van der Waals surface area contributed by atoms with Gasteiger partial charge in [-0.25, -0.2) is 0 Å². The summed E-state index contributed by atoms with van der Waals surface area (Å²) < 4.78 is 0. The topological polar surface area (TPSA) is 69.7 Å². The monoisotopic (exact) mass is 403 g/mol. The van der Waals surface area contributed by atoms with E-state index in [2.05, 4.69) is 5.32 Å². The Morgan fingerprint density at radius 3 is 2.61 bits per heavy atom. The molecule has 0 aliphatic carbocycles. The van der Waals surface area contributed by atoms with Crippen molar-refractivity contribution in [2.75, 3.05) is 19.6 Å². The molecule has 1 aromatic carbocycles. The summed E-state index contributed by atoms with van der Waals surface area (Å²) in [4.78, 5) is 41.2. The van der Waals surface area contributed by atoms with Gasteiger partial charge in [-0.05, 0) is 55.4 Å². The van der Waals surface area contributed by atoms with Crippen molar-refractivity contribution in [2.45, 2.75) is 44.7 Å². The summed E-state index contributed by atoms with van der Waals surface area (Å²) in [5.74, 6) is 0.597. The van der Waals surface area contributed by atoms with Crippen LogP contribution in [-0.2, 0) is 9.59 Å². The fourth-order valence-electron chi connectivity index (χ4n) is 5.23. The molecule has 4 atom stereocenters. The second-order valence-corrected chi connectivity index (χ2v) is 8.67. The average molecular weight is 404 g/mol. The fourth-order valence-corrected chi connectivity index (χ4v) is 5.35. The number of fused-ring (bicyclic) bond motifs is 4. The van der Waals surface area contributed by atoms with Crippen molar-refractivity contribution in [2.24, 2.45) is 11.8 Å². The van der Waals surface area contributed by atoms with Crippen LogP contribution in [0.1, 0.15) is 43.0 Å². The first-order valence-electron chi connectivity index (χ1n) is 10.0. The molecule has 6 nitrogen and oxygen atoms in total. The molecular weight excluding hydrogens is 378 g/mol. The van der Waals surface area contributed by atoms with Crippen molar-refractivity contribution >= 4 is 29.3 Å². The lowest BCUT2D eigenvalue weighted by Crippen LogP contribution is -2.67. The molecule has 150 valence electrons. The smallest absolute Gasteiger partial charge is 0.253 e. The number of halogens is 1. The van der Waals surface area contributed by atoms with Crippen LogP contribution in [0.2, 0.25) is 5.02 Å². The number of piperidine rings is 3. The van der Waals surface area contributed by atoms with E-state index in [0.29, 0.717) is 42.6 Å². The van der Waals surface area contributed by atoms with Crippen LogP contribution >= 0.6 is 11.6 Å². The average Bonchev–Trinajstić information content (AvgIpc) is 2.68. The Kier molecular flexibility index (Phi) is 5.32. The van der Waals surface area contributed by atoms with Gasteiger partial charge in [-0.1, -0.05) is 11.6 Å². The number of likely N-dealkylation sites (tertiary alicyclic amines) is 1. The van der Waals surface area contributed by atoms with E-state index in [9.17, 15) is 14.4 Å². The lowest BCUT2D eigenvalue weighted by molar-refractivity contribution is -0.151. The summed E-state index contributed by atoms with van der Waals surface area (Å²) in [6, 6.07) is 7.12. The van der Waals surface area contributed by atoms with Crippen molar-refractivity contribution in [1.82, 2.24) is 15.1 Å². The summed E-state index contributed by atoms with van der Waals surface area (Å²) in [6.45, 7) is 3.24. The Labute approximate surface area is 170 Å². The van der Waals surface area contributed by atoms with E-state index in [4.69, 9.17) is 11.6 Å². The summed E-state index contributed by atoms with van der Waals surface area (Å²) in [5.41, 5.74) is 0.638. The number of hydrogen-bond acceptors (Lipinski definition) is 3. The van der Waals surface area contributed by atoms with Gasteiger partial charge in [-0.15, -0.1) is 0 Å². The SMILES string of the molecule is CC(=O)NC[C@H]1[C@H]2C[C@H](CN(C(=O)c3ccc(Cl)cc3)C2)[C@@H]2CCCC(=O)N21. The summed E-state index contributed by atoms with van der Waals surface area (Å²) in [7, 11) is 0. The van der Waals surface area contributed by atoms with E-state index in [1.54, 1.807) is 24.3 Å². The van der Waals surface area contributed by atoms with Gasteiger partial charge < -0.3 is 15.1 Å². The van der Waals surface area contributed by atoms with Crippen LogP contribution in [0.25, 0.3) is 0 Å². The second-order valence-electron chi connectivity index (χ2n) is 8.24. The van der Waals surface area contributed by atoms with Gasteiger partial charge in [0, 0.05) is 49.6 Å². The normalized spacial score (nSPS) is 29.3. The highest BCUT2D eigenvalue weighted by atomic mass is 35.5. The molecule has 2 bridgehead atoms. The van der Waals surface area contributed by atoms with Gasteiger partial charge in [-0.3, -0.25) is 14.4 Å². The lowest BCUT2D eigenvalue weighted by atomic mass is 9.72. The van der Waals surface area contributed by atoms with Crippen molar-refractivity contribution in [3.8, 4) is 0 Å². The minimum atomic E-state index is -0.0898. The molecule has 3 aliphatic rings. The fraction of sp³-hybridized carbons (Fsp3) is 0.571. The van der Waals surface area contributed by atoms with Gasteiger partial charge in [0.15, 0.2) is 0 Å². The molecule has 3 heterocycles. The molecule has 1 aromatic rings. The number of carbonyl (C=O) groups excluding carboxylic acids is 3. The van der Waals surface area contributed by atoms with E-state index in [-0.39, 0.29) is 35.7 Å².